The van der Waals surface area contributed by atoms with Crippen LogP contribution in [-0.2, 0) is 6.42 Å². The second-order valence-corrected chi connectivity index (χ2v) is 7.23. The summed E-state index contributed by atoms with van der Waals surface area (Å²) < 4.78 is 6.91. The quantitative estimate of drug-likeness (QED) is 0.909. The van der Waals surface area contributed by atoms with Crippen LogP contribution in [0, 0.1) is 5.92 Å². The number of hydrogen-bond donors (Lipinski definition) is 1. The van der Waals surface area contributed by atoms with Crippen molar-refractivity contribution in [3.8, 4) is 5.75 Å². The lowest BCUT2D eigenvalue weighted by Crippen LogP contribution is -2.38. The van der Waals surface area contributed by atoms with Crippen molar-refractivity contribution in [2.24, 2.45) is 11.7 Å². The Morgan fingerprint density at radius 2 is 2.11 bits per heavy atom. The van der Waals surface area contributed by atoms with Gasteiger partial charge in [-0.15, -0.1) is 11.3 Å². The van der Waals surface area contributed by atoms with E-state index in [-0.39, 0.29) is 5.54 Å². The lowest BCUT2D eigenvalue weighted by atomic mass is 10.1. The van der Waals surface area contributed by atoms with Gasteiger partial charge < -0.3 is 10.5 Å². The molecule has 0 fully saturated rings. The Kier molecular flexibility index (Phi) is 4.11. The summed E-state index contributed by atoms with van der Waals surface area (Å²) >= 11 is 1.75. The molecule has 0 aliphatic rings. The maximum atomic E-state index is 5.92. The van der Waals surface area contributed by atoms with Crippen LogP contribution in [0.15, 0.2) is 18.2 Å². The average molecular weight is 278 g/mol. The maximum absolute atomic E-state index is 5.92. The fourth-order valence-corrected chi connectivity index (χ4v) is 2.96. The highest BCUT2D eigenvalue weighted by atomic mass is 32.1. The third kappa shape index (κ3) is 4.18. The van der Waals surface area contributed by atoms with E-state index in [1.165, 1.54) is 9.71 Å². The van der Waals surface area contributed by atoms with Crippen molar-refractivity contribution in [3.05, 3.63) is 23.2 Å². The first-order valence-corrected chi connectivity index (χ1v) is 7.46. The van der Waals surface area contributed by atoms with Gasteiger partial charge in [0.25, 0.3) is 0 Å². The minimum Gasteiger partial charge on any atom is -0.492 e. The summed E-state index contributed by atoms with van der Waals surface area (Å²) in [5, 5.41) is 1.20. The van der Waals surface area contributed by atoms with Gasteiger partial charge in [0.15, 0.2) is 0 Å². The Labute approximate surface area is 118 Å². The molecule has 3 nitrogen and oxygen atoms in total. The molecule has 2 rings (SSSR count). The first-order chi connectivity index (χ1) is 8.83. The zero-order valence-electron chi connectivity index (χ0n) is 12.1. The highest BCUT2D eigenvalue weighted by Gasteiger charge is 2.12. The molecular weight excluding hydrogens is 256 g/mol. The number of ether oxygens (including phenoxy) is 1. The predicted molar refractivity (Wildman–Crippen MR) is 81.9 cm³/mol. The van der Waals surface area contributed by atoms with Gasteiger partial charge in [-0.3, -0.25) is 0 Å². The zero-order valence-corrected chi connectivity index (χ0v) is 12.9. The van der Waals surface area contributed by atoms with Gasteiger partial charge in [-0.25, -0.2) is 4.98 Å². The Morgan fingerprint density at radius 1 is 1.37 bits per heavy atom. The molecule has 0 saturated heterocycles. The molecule has 4 heteroatoms. The van der Waals surface area contributed by atoms with Gasteiger partial charge in [0.2, 0.25) is 0 Å². The van der Waals surface area contributed by atoms with E-state index >= 15 is 0 Å². The van der Waals surface area contributed by atoms with Crippen LogP contribution in [0.1, 0.15) is 32.7 Å². The molecule has 0 saturated carbocycles. The molecule has 0 bridgehead atoms. The molecule has 0 radical (unpaired) electrons. The molecule has 1 heterocycles. The minimum absolute atomic E-state index is 0.314. The normalized spacial score (nSPS) is 12.3. The molecule has 2 aromatic rings. The molecule has 0 atom stereocenters. The lowest BCUT2D eigenvalue weighted by molar-refractivity contribution is 0.243. The summed E-state index contributed by atoms with van der Waals surface area (Å²) in [6.45, 7) is 8.85. The summed E-state index contributed by atoms with van der Waals surface area (Å²) in [4.78, 5) is 4.64. The van der Waals surface area contributed by atoms with Crippen LogP contribution >= 0.6 is 11.3 Å². The highest BCUT2D eigenvalue weighted by Crippen LogP contribution is 2.27. The Bertz CT molecular complexity index is 555. The highest BCUT2D eigenvalue weighted by molar-refractivity contribution is 7.18. The minimum atomic E-state index is -0.314. The second kappa shape index (κ2) is 5.47. The van der Waals surface area contributed by atoms with Crippen molar-refractivity contribution >= 4 is 21.6 Å². The van der Waals surface area contributed by atoms with Gasteiger partial charge in [0.1, 0.15) is 12.4 Å². The number of thiazole rings is 1. The first-order valence-electron chi connectivity index (χ1n) is 6.65. The number of hydrogen-bond acceptors (Lipinski definition) is 4. The molecule has 1 aromatic heterocycles. The standard InChI is InChI=1S/C15H22N2OS/c1-10(2)7-14-17-12-6-5-11(8-13(12)19-14)18-9-15(3,4)16/h5-6,8,10H,7,9,16H2,1-4H3. The number of benzene rings is 1. The van der Waals surface area contributed by atoms with Crippen LogP contribution in [0.4, 0.5) is 0 Å². The molecule has 0 amide bonds. The van der Waals surface area contributed by atoms with E-state index in [1.807, 2.05) is 26.0 Å². The number of aromatic nitrogens is 1. The van der Waals surface area contributed by atoms with Gasteiger partial charge in [0, 0.05) is 12.0 Å². The Balaban J connectivity index is 2.16. The van der Waals surface area contributed by atoms with Gasteiger partial charge in [-0.2, -0.15) is 0 Å². The number of nitrogens with two attached hydrogens (primary N) is 1. The summed E-state index contributed by atoms with van der Waals surface area (Å²) in [5.74, 6) is 1.50. The summed E-state index contributed by atoms with van der Waals surface area (Å²) in [6, 6.07) is 6.05. The number of fused-ring (bicyclic) bond motifs is 1. The van der Waals surface area contributed by atoms with Crippen molar-refractivity contribution in [1.29, 1.82) is 0 Å². The molecule has 0 spiro atoms. The number of rotatable bonds is 5. The fourth-order valence-electron chi connectivity index (χ4n) is 1.75. The van der Waals surface area contributed by atoms with E-state index in [9.17, 15) is 0 Å². The van der Waals surface area contributed by atoms with Crippen LogP contribution in [0.2, 0.25) is 0 Å². The monoisotopic (exact) mass is 278 g/mol. The average Bonchev–Trinajstić information content (AvgIpc) is 2.65. The van der Waals surface area contributed by atoms with E-state index in [0.29, 0.717) is 12.5 Å². The van der Waals surface area contributed by atoms with E-state index in [0.717, 1.165) is 17.7 Å². The molecule has 1 aromatic carbocycles. The molecule has 104 valence electrons. The van der Waals surface area contributed by atoms with E-state index < -0.39 is 0 Å². The van der Waals surface area contributed by atoms with E-state index in [1.54, 1.807) is 11.3 Å². The van der Waals surface area contributed by atoms with Crippen molar-refractivity contribution in [2.75, 3.05) is 6.61 Å². The molecule has 0 unspecified atom stereocenters. The summed E-state index contributed by atoms with van der Waals surface area (Å²) in [7, 11) is 0. The summed E-state index contributed by atoms with van der Waals surface area (Å²) in [5.41, 5.74) is 6.66. The summed E-state index contributed by atoms with van der Waals surface area (Å²) in [6.07, 6.45) is 1.03. The van der Waals surface area contributed by atoms with Crippen LogP contribution in [0.5, 0.6) is 5.75 Å². The van der Waals surface area contributed by atoms with Gasteiger partial charge in [-0.1, -0.05) is 13.8 Å². The van der Waals surface area contributed by atoms with Gasteiger partial charge >= 0.3 is 0 Å². The largest absolute Gasteiger partial charge is 0.492 e. The van der Waals surface area contributed by atoms with Crippen molar-refractivity contribution in [3.63, 3.8) is 0 Å². The Hall–Kier alpha value is -1.13. The smallest absolute Gasteiger partial charge is 0.120 e. The zero-order chi connectivity index (χ0) is 14.0. The van der Waals surface area contributed by atoms with Gasteiger partial charge in [-0.05, 0) is 38.0 Å². The second-order valence-electron chi connectivity index (χ2n) is 6.11. The molecule has 19 heavy (non-hydrogen) atoms. The fraction of sp³-hybridized carbons (Fsp3) is 0.533. The first kappa shape index (κ1) is 14.3. The lowest BCUT2D eigenvalue weighted by Gasteiger charge is -2.18. The molecule has 0 aliphatic heterocycles. The van der Waals surface area contributed by atoms with Gasteiger partial charge in [0.05, 0.1) is 15.2 Å². The van der Waals surface area contributed by atoms with Crippen LogP contribution in [-0.4, -0.2) is 17.1 Å². The molecule has 0 aliphatic carbocycles. The van der Waals surface area contributed by atoms with E-state index in [2.05, 4.69) is 24.9 Å². The molecular formula is C15H22N2OS. The van der Waals surface area contributed by atoms with Crippen molar-refractivity contribution < 1.29 is 4.74 Å². The number of nitrogens with zero attached hydrogens (tertiary/aromatic N) is 1. The topological polar surface area (TPSA) is 48.1 Å². The SMILES string of the molecule is CC(C)Cc1nc2ccc(OCC(C)(C)N)cc2s1. The van der Waals surface area contributed by atoms with Crippen LogP contribution < -0.4 is 10.5 Å². The maximum Gasteiger partial charge on any atom is 0.120 e. The van der Waals surface area contributed by atoms with Crippen molar-refractivity contribution in [2.45, 2.75) is 39.7 Å². The third-order valence-corrected chi connectivity index (χ3v) is 3.64. The predicted octanol–water partition coefficient (Wildman–Crippen LogP) is 3.61. The van der Waals surface area contributed by atoms with Crippen LogP contribution in [0.3, 0.4) is 0 Å². The van der Waals surface area contributed by atoms with E-state index in [4.69, 9.17) is 10.5 Å². The molecule has 2 N–H and O–H groups in total. The van der Waals surface area contributed by atoms with Crippen LogP contribution in [0.25, 0.3) is 10.2 Å². The Morgan fingerprint density at radius 3 is 2.74 bits per heavy atom. The third-order valence-electron chi connectivity index (χ3n) is 2.60. The van der Waals surface area contributed by atoms with Crippen molar-refractivity contribution in [1.82, 2.24) is 4.98 Å².